The predicted molar refractivity (Wildman–Crippen MR) is 108 cm³/mol. The number of aromatic nitrogens is 2. The minimum atomic E-state index is -0.101. The maximum atomic E-state index is 12.8. The number of ketones is 1. The fraction of sp³-hybridized carbons (Fsp3) is 0.0455. The summed E-state index contributed by atoms with van der Waals surface area (Å²) in [4.78, 5) is 18.2. The smallest absolute Gasteiger partial charge is 0.223 e. The normalized spacial score (nSPS) is 11.5. The zero-order chi connectivity index (χ0) is 18.6. The van der Waals surface area contributed by atoms with E-state index in [2.05, 4.69) is 5.10 Å². The Hall–Kier alpha value is -3.31. The van der Waals surface area contributed by atoms with Gasteiger partial charge in [0.25, 0.3) is 0 Å². The summed E-state index contributed by atoms with van der Waals surface area (Å²) in [5, 5.41) is 4.98. The van der Waals surface area contributed by atoms with Crippen molar-refractivity contribution in [2.45, 2.75) is 6.92 Å². The molecule has 0 atom stereocenters. The number of aryl methyl sites for hydroxylation is 1. The molecule has 0 bridgehead atoms. The summed E-state index contributed by atoms with van der Waals surface area (Å²) >= 11 is 1.29. The molecular formula is C22H17N3OS. The first-order valence-corrected chi connectivity index (χ1v) is 9.39. The molecule has 0 aliphatic heterocycles. The SMILES string of the molecule is Cc1ccc(N=c2sc(C(=O)c3ccccc3)nn2-c2ccccc2)cc1. The Bertz CT molecular complexity index is 1130. The van der Waals surface area contributed by atoms with Crippen molar-refractivity contribution in [3.63, 3.8) is 0 Å². The lowest BCUT2D eigenvalue weighted by molar-refractivity contribution is 0.103. The number of benzene rings is 3. The summed E-state index contributed by atoms with van der Waals surface area (Å²) < 4.78 is 1.72. The van der Waals surface area contributed by atoms with Gasteiger partial charge in [0.15, 0.2) is 5.01 Å². The summed E-state index contributed by atoms with van der Waals surface area (Å²) in [6.07, 6.45) is 0. The van der Waals surface area contributed by atoms with E-state index in [1.807, 2.05) is 79.7 Å². The second-order valence-corrected chi connectivity index (χ2v) is 7.04. The third-order valence-electron chi connectivity index (χ3n) is 4.05. The monoisotopic (exact) mass is 371 g/mol. The minimum absolute atomic E-state index is 0.101. The van der Waals surface area contributed by atoms with Gasteiger partial charge in [-0.25, -0.2) is 9.67 Å². The van der Waals surface area contributed by atoms with Gasteiger partial charge in [-0.3, -0.25) is 4.79 Å². The van der Waals surface area contributed by atoms with Gasteiger partial charge in [0.2, 0.25) is 10.6 Å². The average Bonchev–Trinajstić information content (AvgIpc) is 3.14. The van der Waals surface area contributed by atoms with Crippen LogP contribution in [0.25, 0.3) is 5.69 Å². The molecule has 0 saturated heterocycles. The molecule has 0 radical (unpaired) electrons. The van der Waals surface area contributed by atoms with E-state index in [-0.39, 0.29) is 5.78 Å². The van der Waals surface area contributed by atoms with E-state index < -0.39 is 0 Å². The van der Waals surface area contributed by atoms with E-state index in [9.17, 15) is 4.79 Å². The van der Waals surface area contributed by atoms with Crippen LogP contribution in [0.15, 0.2) is 89.9 Å². The molecular weight excluding hydrogens is 354 g/mol. The first kappa shape index (κ1) is 17.1. The largest absolute Gasteiger partial charge is 0.286 e. The molecule has 132 valence electrons. The van der Waals surface area contributed by atoms with Gasteiger partial charge in [-0.1, -0.05) is 77.6 Å². The molecule has 5 heteroatoms. The molecule has 3 aromatic carbocycles. The van der Waals surface area contributed by atoms with Gasteiger partial charge < -0.3 is 0 Å². The lowest BCUT2D eigenvalue weighted by Gasteiger charge is -2.00. The van der Waals surface area contributed by atoms with E-state index in [1.54, 1.807) is 16.8 Å². The van der Waals surface area contributed by atoms with Crippen molar-refractivity contribution in [2.75, 3.05) is 0 Å². The molecule has 1 aromatic heterocycles. The molecule has 0 aliphatic carbocycles. The topological polar surface area (TPSA) is 47.2 Å². The molecule has 27 heavy (non-hydrogen) atoms. The van der Waals surface area contributed by atoms with E-state index in [0.29, 0.717) is 15.4 Å². The molecule has 0 unspecified atom stereocenters. The van der Waals surface area contributed by atoms with Crippen LogP contribution in [0.1, 0.15) is 20.9 Å². The number of rotatable bonds is 4. The van der Waals surface area contributed by atoms with Gasteiger partial charge in [-0.15, -0.1) is 0 Å². The predicted octanol–water partition coefficient (Wildman–Crippen LogP) is 4.71. The fourth-order valence-corrected chi connectivity index (χ4v) is 3.52. The molecule has 0 fully saturated rings. The minimum Gasteiger partial charge on any atom is -0.286 e. The zero-order valence-electron chi connectivity index (χ0n) is 14.7. The van der Waals surface area contributed by atoms with E-state index >= 15 is 0 Å². The summed E-state index contributed by atoms with van der Waals surface area (Å²) in [6.45, 7) is 2.04. The Morgan fingerprint density at radius 2 is 1.52 bits per heavy atom. The van der Waals surface area contributed by atoms with Gasteiger partial charge in [0, 0.05) is 5.56 Å². The van der Waals surface area contributed by atoms with E-state index in [1.165, 1.54) is 16.9 Å². The van der Waals surface area contributed by atoms with Crippen molar-refractivity contribution < 1.29 is 4.79 Å². The number of nitrogens with zero attached hydrogens (tertiary/aromatic N) is 3. The van der Waals surface area contributed by atoms with Crippen LogP contribution in [0.2, 0.25) is 0 Å². The van der Waals surface area contributed by atoms with Crippen molar-refractivity contribution in [2.24, 2.45) is 4.99 Å². The third-order valence-corrected chi connectivity index (χ3v) is 4.96. The molecule has 0 amide bonds. The summed E-state index contributed by atoms with van der Waals surface area (Å²) in [6, 6.07) is 26.9. The Balaban J connectivity index is 1.85. The highest BCUT2D eigenvalue weighted by Gasteiger charge is 2.16. The second kappa shape index (κ2) is 7.51. The number of carbonyl (C=O) groups is 1. The standard InChI is InChI=1S/C22H17N3OS/c1-16-12-14-18(15-13-16)23-22-25(19-10-6-3-7-11-19)24-21(27-22)20(26)17-8-4-2-5-9-17/h2-15H,1H3. The zero-order valence-corrected chi connectivity index (χ0v) is 15.6. The maximum absolute atomic E-state index is 12.8. The maximum Gasteiger partial charge on any atom is 0.223 e. The van der Waals surface area contributed by atoms with Crippen molar-refractivity contribution in [1.82, 2.24) is 9.78 Å². The lowest BCUT2D eigenvalue weighted by Crippen LogP contribution is -2.14. The number of para-hydroxylation sites is 1. The Morgan fingerprint density at radius 1 is 0.889 bits per heavy atom. The van der Waals surface area contributed by atoms with Crippen LogP contribution in [-0.2, 0) is 0 Å². The van der Waals surface area contributed by atoms with Crippen LogP contribution in [0, 0.1) is 6.92 Å². The summed E-state index contributed by atoms with van der Waals surface area (Å²) in [7, 11) is 0. The van der Waals surface area contributed by atoms with Crippen molar-refractivity contribution in [1.29, 1.82) is 0 Å². The van der Waals surface area contributed by atoms with Crippen molar-refractivity contribution in [3.8, 4) is 5.69 Å². The van der Waals surface area contributed by atoms with Crippen LogP contribution in [0.5, 0.6) is 0 Å². The third kappa shape index (κ3) is 3.78. The molecule has 4 rings (SSSR count). The van der Waals surface area contributed by atoms with Crippen LogP contribution in [0.3, 0.4) is 0 Å². The molecule has 0 aliphatic rings. The molecule has 4 aromatic rings. The quantitative estimate of drug-likeness (QED) is 0.488. The van der Waals surface area contributed by atoms with Crippen LogP contribution < -0.4 is 4.80 Å². The summed E-state index contributed by atoms with van der Waals surface area (Å²) in [5.74, 6) is -0.101. The second-order valence-electron chi connectivity index (χ2n) is 6.08. The molecule has 0 N–H and O–H groups in total. The first-order chi connectivity index (χ1) is 13.2. The highest BCUT2D eigenvalue weighted by atomic mass is 32.1. The summed E-state index contributed by atoms with van der Waals surface area (Å²) in [5.41, 5.74) is 3.49. The average molecular weight is 371 g/mol. The molecule has 1 heterocycles. The molecule has 0 saturated carbocycles. The number of hydrogen-bond acceptors (Lipinski definition) is 4. The van der Waals surface area contributed by atoms with Gasteiger partial charge in [0.1, 0.15) is 0 Å². The highest BCUT2D eigenvalue weighted by molar-refractivity contribution is 7.11. The van der Waals surface area contributed by atoms with Gasteiger partial charge in [-0.05, 0) is 31.2 Å². The highest BCUT2D eigenvalue weighted by Crippen LogP contribution is 2.15. The van der Waals surface area contributed by atoms with E-state index in [4.69, 9.17) is 4.99 Å². The van der Waals surface area contributed by atoms with Crippen molar-refractivity contribution >= 4 is 22.8 Å². The Kier molecular flexibility index (Phi) is 4.77. The first-order valence-electron chi connectivity index (χ1n) is 8.57. The molecule has 4 nitrogen and oxygen atoms in total. The van der Waals surface area contributed by atoms with Crippen LogP contribution in [-0.4, -0.2) is 15.6 Å². The van der Waals surface area contributed by atoms with Gasteiger partial charge in [-0.2, -0.15) is 5.10 Å². The fourth-order valence-electron chi connectivity index (χ4n) is 2.63. The number of hydrogen-bond donors (Lipinski definition) is 0. The van der Waals surface area contributed by atoms with E-state index in [0.717, 1.165) is 11.4 Å². The van der Waals surface area contributed by atoms with Crippen molar-refractivity contribution in [3.05, 3.63) is 106 Å². The Labute approximate surface area is 161 Å². The molecule has 0 spiro atoms. The Morgan fingerprint density at radius 3 is 2.19 bits per heavy atom. The number of carbonyl (C=O) groups excluding carboxylic acids is 1. The van der Waals surface area contributed by atoms with Gasteiger partial charge >= 0.3 is 0 Å². The lowest BCUT2D eigenvalue weighted by atomic mass is 10.1. The van der Waals surface area contributed by atoms with Crippen LogP contribution in [0.4, 0.5) is 5.69 Å². The van der Waals surface area contributed by atoms with Gasteiger partial charge in [0.05, 0.1) is 11.4 Å². The van der Waals surface area contributed by atoms with Crippen LogP contribution >= 0.6 is 11.3 Å².